The number of para-hydroxylation sites is 1. The van der Waals surface area contributed by atoms with E-state index in [-0.39, 0.29) is 11.1 Å². The van der Waals surface area contributed by atoms with Crippen LogP contribution in [-0.4, -0.2) is 25.3 Å². The molecule has 1 aromatic carbocycles. The molecule has 0 bridgehead atoms. The zero-order valence-corrected chi connectivity index (χ0v) is 11.4. The van der Waals surface area contributed by atoms with Gasteiger partial charge in [-0.25, -0.2) is 14.2 Å². The maximum atomic E-state index is 13.8. The van der Waals surface area contributed by atoms with Crippen LogP contribution in [0.15, 0.2) is 18.2 Å². The van der Waals surface area contributed by atoms with Crippen LogP contribution in [0.2, 0.25) is 0 Å². The van der Waals surface area contributed by atoms with Crippen molar-refractivity contribution in [3.8, 4) is 0 Å². The Morgan fingerprint density at radius 2 is 2.00 bits per heavy atom. The van der Waals surface area contributed by atoms with Gasteiger partial charge in [0.2, 0.25) is 0 Å². The SMILES string of the molecule is CON(C)C(=O)Nc1c(F)cccc1C(C)(C)C. The zero-order chi connectivity index (χ0) is 13.9. The number of nitrogens with one attached hydrogen (secondary N) is 1. The quantitative estimate of drug-likeness (QED) is 0.824. The molecule has 0 saturated carbocycles. The standard InChI is InChI=1S/C13H19FN2O2/c1-13(2,3)9-7-6-8-10(14)11(9)15-12(17)16(4)18-5/h6-8H,1-5H3,(H,15,17). The number of carbonyl (C=O) groups excluding carboxylic acids is 1. The number of rotatable bonds is 2. The summed E-state index contributed by atoms with van der Waals surface area (Å²) in [5.41, 5.74) is 0.662. The summed E-state index contributed by atoms with van der Waals surface area (Å²) >= 11 is 0. The molecule has 0 heterocycles. The Morgan fingerprint density at radius 3 is 2.50 bits per heavy atom. The van der Waals surface area contributed by atoms with Gasteiger partial charge in [-0.1, -0.05) is 32.9 Å². The van der Waals surface area contributed by atoms with Crippen molar-refractivity contribution >= 4 is 11.7 Å². The van der Waals surface area contributed by atoms with E-state index < -0.39 is 11.8 Å². The van der Waals surface area contributed by atoms with Gasteiger partial charge in [-0.2, -0.15) is 0 Å². The molecule has 0 unspecified atom stereocenters. The van der Waals surface area contributed by atoms with Gasteiger partial charge in [-0.3, -0.25) is 4.84 Å². The molecule has 1 rings (SSSR count). The minimum Gasteiger partial charge on any atom is -0.303 e. The number of urea groups is 1. The van der Waals surface area contributed by atoms with Crippen LogP contribution in [0.5, 0.6) is 0 Å². The minimum atomic E-state index is -0.520. The Hall–Kier alpha value is -1.62. The van der Waals surface area contributed by atoms with Crippen molar-refractivity contribution in [2.24, 2.45) is 0 Å². The lowest BCUT2D eigenvalue weighted by molar-refractivity contribution is -0.0598. The molecule has 1 aromatic rings. The van der Waals surface area contributed by atoms with Crippen molar-refractivity contribution in [3.05, 3.63) is 29.6 Å². The van der Waals surface area contributed by atoms with Crippen LogP contribution in [0.25, 0.3) is 0 Å². The molecular formula is C13H19FN2O2. The molecule has 0 aliphatic heterocycles. The molecule has 4 nitrogen and oxygen atoms in total. The lowest BCUT2D eigenvalue weighted by Crippen LogP contribution is -2.31. The lowest BCUT2D eigenvalue weighted by atomic mass is 9.85. The molecule has 1 N–H and O–H groups in total. The fraction of sp³-hybridized carbons (Fsp3) is 0.462. The van der Waals surface area contributed by atoms with E-state index in [1.54, 1.807) is 12.1 Å². The topological polar surface area (TPSA) is 41.6 Å². The first-order valence-electron chi connectivity index (χ1n) is 5.65. The molecule has 2 amide bonds. The van der Waals surface area contributed by atoms with Crippen LogP contribution in [-0.2, 0) is 10.3 Å². The van der Waals surface area contributed by atoms with Crippen LogP contribution in [0.1, 0.15) is 26.3 Å². The fourth-order valence-corrected chi connectivity index (χ4v) is 1.54. The fourth-order valence-electron chi connectivity index (χ4n) is 1.54. The third-order valence-electron chi connectivity index (χ3n) is 2.61. The third-order valence-corrected chi connectivity index (χ3v) is 2.61. The average Bonchev–Trinajstić information content (AvgIpc) is 2.29. The number of benzene rings is 1. The maximum absolute atomic E-state index is 13.8. The van der Waals surface area contributed by atoms with Gasteiger partial charge in [0, 0.05) is 7.05 Å². The molecule has 0 radical (unpaired) electrons. The van der Waals surface area contributed by atoms with E-state index in [1.165, 1.54) is 20.2 Å². The smallest absolute Gasteiger partial charge is 0.303 e. The number of hydroxylamine groups is 2. The van der Waals surface area contributed by atoms with E-state index in [0.717, 1.165) is 10.6 Å². The Kier molecular flexibility index (Phi) is 4.29. The lowest BCUT2D eigenvalue weighted by Gasteiger charge is -2.24. The molecule has 18 heavy (non-hydrogen) atoms. The molecule has 0 spiro atoms. The monoisotopic (exact) mass is 254 g/mol. The number of amides is 2. The molecule has 100 valence electrons. The summed E-state index contributed by atoms with van der Waals surface area (Å²) < 4.78 is 13.8. The minimum absolute atomic E-state index is 0.193. The summed E-state index contributed by atoms with van der Waals surface area (Å²) in [6, 6.07) is 4.22. The van der Waals surface area contributed by atoms with Crippen LogP contribution in [0.4, 0.5) is 14.9 Å². The highest BCUT2D eigenvalue weighted by atomic mass is 19.1. The van der Waals surface area contributed by atoms with Crippen LogP contribution < -0.4 is 5.32 Å². The van der Waals surface area contributed by atoms with Gasteiger partial charge in [-0.05, 0) is 17.0 Å². The summed E-state index contributed by atoms with van der Waals surface area (Å²) in [5, 5.41) is 3.52. The maximum Gasteiger partial charge on any atom is 0.345 e. The Balaban J connectivity index is 3.12. The summed E-state index contributed by atoms with van der Waals surface area (Å²) in [7, 11) is 2.82. The Labute approximate surface area is 107 Å². The molecule has 0 aromatic heterocycles. The van der Waals surface area contributed by atoms with Crippen molar-refractivity contribution in [2.75, 3.05) is 19.5 Å². The van der Waals surface area contributed by atoms with E-state index in [2.05, 4.69) is 5.32 Å². The second kappa shape index (κ2) is 5.35. The highest BCUT2D eigenvalue weighted by Crippen LogP contribution is 2.31. The Bertz CT molecular complexity index is 441. The van der Waals surface area contributed by atoms with Gasteiger partial charge in [-0.15, -0.1) is 0 Å². The molecular weight excluding hydrogens is 235 g/mol. The highest BCUT2D eigenvalue weighted by Gasteiger charge is 2.22. The van der Waals surface area contributed by atoms with Crippen LogP contribution in [0, 0.1) is 5.82 Å². The van der Waals surface area contributed by atoms with Crippen LogP contribution in [0.3, 0.4) is 0 Å². The van der Waals surface area contributed by atoms with Gasteiger partial charge >= 0.3 is 6.03 Å². The normalized spacial score (nSPS) is 11.2. The first-order valence-corrected chi connectivity index (χ1v) is 5.65. The summed E-state index contributed by atoms with van der Waals surface area (Å²) in [6.45, 7) is 5.87. The number of halogens is 1. The van der Waals surface area contributed by atoms with Gasteiger partial charge in [0.15, 0.2) is 0 Å². The molecule has 0 aliphatic carbocycles. The highest BCUT2D eigenvalue weighted by molar-refractivity contribution is 5.89. The largest absolute Gasteiger partial charge is 0.345 e. The van der Waals surface area contributed by atoms with E-state index in [1.807, 2.05) is 20.8 Å². The van der Waals surface area contributed by atoms with Crippen molar-refractivity contribution in [1.82, 2.24) is 5.06 Å². The third kappa shape index (κ3) is 3.20. The average molecular weight is 254 g/mol. The Morgan fingerprint density at radius 1 is 1.39 bits per heavy atom. The van der Waals surface area contributed by atoms with E-state index in [0.29, 0.717) is 0 Å². The van der Waals surface area contributed by atoms with E-state index in [4.69, 9.17) is 4.84 Å². The summed E-state index contributed by atoms with van der Waals surface area (Å²) in [4.78, 5) is 16.4. The summed E-state index contributed by atoms with van der Waals surface area (Å²) in [5.74, 6) is -0.458. The zero-order valence-electron chi connectivity index (χ0n) is 11.4. The van der Waals surface area contributed by atoms with Crippen molar-refractivity contribution < 1.29 is 14.0 Å². The predicted molar refractivity (Wildman–Crippen MR) is 68.9 cm³/mol. The summed E-state index contributed by atoms with van der Waals surface area (Å²) in [6.07, 6.45) is 0. The van der Waals surface area contributed by atoms with Crippen LogP contribution >= 0.6 is 0 Å². The first-order chi connectivity index (χ1) is 8.27. The number of anilines is 1. The molecule has 5 heteroatoms. The number of hydrogen-bond acceptors (Lipinski definition) is 2. The van der Waals surface area contributed by atoms with Gasteiger partial charge in [0.25, 0.3) is 0 Å². The van der Waals surface area contributed by atoms with E-state index in [9.17, 15) is 9.18 Å². The number of hydrogen-bond donors (Lipinski definition) is 1. The van der Waals surface area contributed by atoms with Gasteiger partial charge in [0.1, 0.15) is 5.82 Å². The second-order valence-corrected chi connectivity index (χ2v) is 5.02. The van der Waals surface area contributed by atoms with Crippen molar-refractivity contribution in [3.63, 3.8) is 0 Å². The second-order valence-electron chi connectivity index (χ2n) is 5.02. The van der Waals surface area contributed by atoms with Gasteiger partial charge < -0.3 is 5.32 Å². The molecule has 0 saturated heterocycles. The molecule has 0 aliphatic rings. The van der Waals surface area contributed by atoms with Gasteiger partial charge in [0.05, 0.1) is 12.8 Å². The first kappa shape index (κ1) is 14.4. The van der Waals surface area contributed by atoms with Crippen molar-refractivity contribution in [2.45, 2.75) is 26.2 Å². The number of carbonyl (C=O) groups is 1. The van der Waals surface area contributed by atoms with Crippen molar-refractivity contribution in [1.29, 1.82) is 0 Å². The predicted octanol–water partition coefficient (Wildman–Crippen LogP) is 3.15. The van der Waals surface area contributed by atoms with E-state index >= 15 is 0 Å². The number of nitrogens with zero attached hydrogens (tertiary/aromatic N) is 1. The molecule has 0 atom stereocenters. The molecule has 0 fully saturated rings.